The molecule has 0 aliphatic carbocycles. The van der Waals surface area contributed by atoms with E-state index in [1.54, 1.807) is 36.0 Å². The third-order valence-electron chi connectivity index (χ3n) is 3.95. The maximum absolute atomic E-state index is 12.7. The minimum Gasteiger partial charge on any atom is -0.356 e. The molecule has 8 heteroatoms. The van der Waals surface area contributed by atoms with E-state index in [0.29, 0.717) is 16.9 Å². The number of sulfonamides is 1. The lowest BCUT2D eigenvalue weighted by Crippen LogP contribution is -2.30. The quantitative estimate of drug-likeness (QED) is 0.730. The standard InChI is InChI=1S/C17H20N4O3S/c1-12-9-18-21(11-12)14(3)10-20-25(22,23)17-8-15(5-4-13(17)2)16-6-7-19-24-16/h4-9,11,14,20H,10H2,1-3H3/t14-/m0/s1. The van der Waals surface area contributed by atoms with Gasteiger partial charge in [0.2, 0.25) is 10.0 Å². The first-order valence-electron chi connectivity index (χ1n) is 7.89. The molecule has 3 aromatic rings. The van der Waals surface area contributed by atoms with Gasteiger partial charge < -0.3 is 4.52 Å². The fraction of sp³-hybridized carbons (Fsp3) is 0.294. The molecule has 3 rings (SSSR count). The molecule has 0 radical (unpaired) electrons. The zero-order chi connectivity index (χ0) is 18.0. The highest BCUT2D eigenvalue weighted by molar-refractivity contribution is 7.89. The number of nitrogens with one attached hydrogen (secondary N) is 1. The van der Waals surface area contributed by atoms with Crippen molar-refractivity contribution in [3.05, 3.63) is 54.0 Å². The van der Waals surface area contributed by atoms with Gasteiger partial charge >= 0.3 is 0 Å². The predicted octanol–water partition coefficient (Wildman–Crippen LogP) is 2.69. The van der Waals surface area contributed by atoms with Crippen LogP contribution in [0, 0.1) is 13.8 Å². The van der Waals surface area contributed by atoms with Gasteiger partial charge in [0.1, 0.15) is 0 Å². The Hall–Kier alpha value is -2.45. The van der Waals surface area contributed by atoms with Gasteiger partial charge in [-0.2, -0.15) is 5.10 Å². The number of nitrogens with zero attached hydrogens (tertiary/aromatic N) is 3. The van der Waals surface area contributed by atoms with Crippen molar-refractivity contribution in [2.75, 3.05) is 6.54 Å². The number of hydrogen-bond acceptors (Lipinski definition) is 5. The Morgan fingerprint density at radius 3 is 2.72 bits per heavy atom. The van der Waals surface area contributed by atoms with Gasteiger partial charge in [-0.3, -0.25) is 4.68 Å². The van der Waals surface area contributed by atoms with Crippen molar-refractivity contribution in [1.82, 2.24) is 19.7 Å². The zero-order valence-corrected chi connectivity index (χ0v) is 15.1. The highest BCUT2D eigenvalue weighted by Crippen LogP contribution is 2.25. The minimum absolute atomic E-state index is 0.0961. The van der Waals surface area contributed by atoms with Crippen LogP contribution in [0.2, 0.25) is 0 Å². The summed E-state index contributed by atoms with van der Waals surface area (Å²) in [5.74, 6) is 0.525. The van der Waals surface area contributed by atoms with Gasteiger partial charge in [-0.25, -0.2) is 13.1 Å². The van der Waals surface area contributed by atoms with Gasteiger partial charge in [-0.1, -0.05) is 17.3 Å². The lowest BCUT2D eigenvalue weighted by molar-refractivity contribution is 0.432. The van der Waals surface area contributed by atoms with E-state index in [9.17, 15) is 8.42 Å². The average molecular weight is 360 g/mol. The monoisotopic (exact) mass is 360 g/mol. The summed E-state index contributed by atoms with van der Waals surface area (Å²) >= 11 is 0. The van der Waals surface area contributed by atoms with E-state index in [4.69, 9.17) is 4.52 Å². The van der Waals surface area contributed by atoms with Crippen molar-refractivity contribution >= 4 is 10.0 Å². The second-order valence-corrected chi connectivity index (χ2v) is 7.79. The summed E-state index contributed by atoms with van der Waals surface area (Å²) in [5.41, 5.74) is 2.36. The molecule has 1 N–H and O–H groups in total. The van der Waals surface area contributed by atoms with Crippen LogP contribution in [0.3, 0.4) is 0 Å². The second kappa shape index (κ2) is 6.81. The molecule has 2 heterocycles. The van der Waals surface area contributed by atoms with E-state index in [1.807, 2.05) is 26.1 Å². The molecule has 132 valence electrons. The molecular weight excluding hydrogens is 340 g/mol. The summed E-state index contributed by atoms with van der Waals surface area (Å²) in [7, 11) is -3.65. The fourth-order valence-electron chi connectivity index (χ4n) is 2.48. The van der Waals surface area contributed by atoms with E-state index in [0.717, 1.165) is 5.56 Å². The van der Waals surface area contributed by atoms with Crippen molar-refractivity contribution in [2.45, 2.75) is 31.7 Å². The van der Waals surface area contributed by atoms with Crippen molar-refractivity contribution in [2.24, 2.45) is 0 Å². The predicted molar refractivity (Wildman–Crippen MR) is 93.5 cm³/mol. The topological polar surface area (TPSA) is 90.0 Å². The maximum atomic E-state index is 12.7. The molecule has 25 heavy (non-hydrogen) atoms. The van der Waals surface area contributed by atoms with E-state index >= 15 is 0 Å². The normalized spacial score (nSPS) is 13.1. The van der Waals surface area contributed by atoms with Crippen molar-refractivity contribution < 1.29 is 12.9 Å². The number of rotatable bonds is 6. The van der Waals surface area contributed by atoms with Crippen molar-refractivity contribution in [3.8, 4) is 11.3 Å². The highest BCUT2D eigenvalue weighted by Gasteiger charge is 2.20. The Bertz CT molecular complexity index is 962. The van der Waals surface area contributed by atoms with Gasteiger partial charge in [-0.05, 0) is 38.0 Å². The first-order chi connectivity index (χ1) is 11.9. The molecule has 0 aliphatic rings. The van der Waals surface area contributed by atoms with Crippen LogP contribution in [0.1, 0.15) is 24.1 Å². The van der Waals surface area contributed by atoms with Crippen LogP contribution < -0.4 is 4.72 Å². The first kappa shape index (κ1) is 17.4. The molecule has 0 saturated heterocycles. The third kappa shape index (κ3) is 3.80. The Kier molecular flexibility index (Phi) is 4.73. The molecule has 1 atom stereocenters. The molecule has 0 fully saturated rings. The number of aromatic nitrogens is 3. The van der Waals surface area contributed by atoms with Gasteiger partial charge in [0.25, 0.3) is 0 Å². The Morgan fingerprint density at radius 1 is 1.28 bits per heavy atom. The molecule has 0 amide bonds. The van der Waals surface area contributed by atoms with Crippen LogP contribution in [0.5, 0.6) is 0 Å². The Balaban J connectivity index is 1.81. The van der Waals surface area contributed by atoms with Gasteiger partial charge in [-0.15, -0.1) is 0 Å². The number of benzene rings is 1. The summed E-state index contributed by atoms with van der Waals surface area (Å²) in [5, 5.41) is 7.88. The summed E-state index contributed by atoms with van der Waals surface area (Å²) in [6, 6.07) is 6.76. The molecule has 2 aromatic heterocycles. The van der Waals surface area contributed by atoms with Crippen molar-refractivity contribution in [1.29, 1.82) is 0 Å². The lowest BCUT2D eigenvalue weighted by Gasteiger charge is -2.15. The minimum atomic E-state index is -3.65. The lowest BCUT2D eigenvalue weighted by atomic mass is 10.1. The third-order valence-corrected chi connectivity index (χ3v) is 5.52. The molecular formula is C17H20N4O3S. The fourth-order valence-corrected chi connectivity index (χ4v) is 3.87. The second-order valence-electron chi connectivity index (χ2n) is 6.06. The first-order valence-corrected chi connectivity index (χ1v) is 9.37. The van der Waals surface area contributed by atoms with E-state index in [2.05, 4.69) is 15.0 Å². The van der Waals surface area contributed by atoms with Gasteiger partial charge in [0, 0.05) is 24.4 Å². The molecule has 0 unspecified atom stereocenters. The summed E-state index contributed by atoms with van der Waals surface area (Å²) < 4.78 is 35.0. The highest BCUT2D eigenvalue weighted by atomic mass is 32.2. The Morgan fingerprint density at radius 2 is 2.08 bits per heavy atom. The van der Waals surface area contributed by atoms with Crippen molar-refractivity contribution in [3.63, 3.8) is 0 Å². The van der Waals surface area contributed by atoms with Crippen LogP contribution in [0.15, 0.2) is 52.3 Å². The van der Waals surface area contributed by atoms with E-state index in [1.165, 1.54) is 6.20 Å². The van der Waals surface area contributed by atoms with Gasteiger partial charge in [0.15, 0.2) is 5.76 Å². The number of hydrogen-bond donors (Lipinski definition) is 1. The SMILES string of the molecule is Cc1cnn([C@@H](C)CNS(=O)(=O)c2cc(-c3ccno3)ccc2C)c1. The molecule has 0 spiro atoms. The number of aryl methyl sites for hydroxylation is 2. The molecule has 7 nitrogen and oxygen atoms in total. The Labute approximate surface area is 146 Å². The summed E-state index contributed by atoms with van der Waals surface area (Å²) in [6.07, 6.45) is 5.15. The molecule has 1 aromatic carbocycles. The smallest absolute Gasteiger partial charge is 0.240 e. The maximum Gasteiger partial charge on any atom is 0.240 e. The van der Waals surface area contributed by atoms with Crippen LogP contribution in [0.25, 0.3) is 11.3 Å². The molecule has 0 saturated carbocycles. The largest absolute Gasteiger partial charge is 0.356 e. The van der Waals surface area contributed by atoms with Gasteiger partial charge in [0.05, 0.1) is 23.3 Å². The summed E-state index contributed by atoms with van der Waals surface area (Å²) in [6.45, 7) is 5.86. The molecule has 0 aliphatic heterocycles. The van der Waals surface area contributed by atoms with E-state index in [-0.39, 0.29) is 17.5 Å². The van der Waals surface area contributed by atoms with Crippen LogP contribution in [0.4, 0.5) is 0 Å². The zero-order valence-electron chi connectivity index (χ0n) is 14.3. The average Bonchev–Trinajstić information content (AvgIpc) is 3.24. The van der Waals surface area contributed by atoms with Crippen LogP contribution in [-0.4, -0.2) is 29.9 Å². The van der Waals surface area contributed by atoms with E-state index < -0.39 is 10.0 Å². The van der Waals surface area contributed by atoms with Crippen LogP contribution >= 0.6 is 0 Å². The van der Waals surface area contributed by atoms with Crippen LogP contribution in [-0.2, 0) is 10.0 Å². The summed E-state index contributed by atoms with van der Waals surface area (Å²) in [4.78, 5) is 0.227. The molecule has 0 bridgehead atoms.